The standard InChI is InChI=1S/C27H28N4O4/c1-17(2)27(4,22-9-6-19(7-10-22)21-12-23(33-5)15-28-13-21)24-11-8-20(14-29-24)26-30-25(35-31-26)16-34-18(3)32/h6-15,17H,16H2,1-5H3. The summed E-state index contributed by atoms with van der Waals surface area (Å²) in [7, 11) is 1.64. The molecule has 1 aromatic carbocycles. The van der Waals surface area contributed by atoms with Crippen molar-refractivity contribution in [3.8, 4) is 28.3 Å². The van der Waals surface area contributed by atoms with Gasteiger partial charge in [0.15, 0.2) is 6.61 Å². The molecule has 4 aromatic rings. The number of benzene rings is 1. The minimum absolute atomic E-state index is 0.0545. The number of hydrogen-bond donors (Lipinski definition) is 0. The van der Waals surface area contributed by atoms with Crippen molar-refractivity contribution in [2.75, 3.05) is 7.11 Å². The molecule has 0 bridgehead atoms. The van der Waals surface area contributed by atoms with E-state index in [1.165, 1.54) is 6.92 Å². The summed E-state index contributed by atoms with van der Waals surface area (Å²) in [5.74, 6) is 1.23. The Hall–Kier alpha value is -4.07. The fourth-order valence-corrected chi connectivity index (χ4v) is 3.90. The number of rotatable bonds is 8. The zero-order valence-electron chi connectivity index (χ0n) is 20.5. The van der Waals surface area contributed by atoms with Crippen LogP contribution in [0.5, 0.6) is 5.75 Å². The molecule has 180 valence electrons. The maximum atomic E-state index is 11.0. The van der Waals surface area contributed by atoms with Crippen LogP contribution in [0, 0.1) is 5.92 Å². The molecule has 0 aliphatic carbocycles. The Morgan fingerprint density at radius 1 is 1.03 bits per heavy atom. The van der Waals surface area contributed by atoms with E-state index >= 15 is 0 Å². The van der Waals surface area contributed by atoms with Gasteiger partial charge in [-0.3, -0.25) is 14.8 Å². The molecule has 0 amide bonds. The Labute approximate surface area is 204 Å². The summed E-state index contributed by atoms with van der Waals surface area (Å²) in [5, 5.41) is 3.97. The number of hydrogen-bond acceptors (Lipinski definition) is 8. The smallest absolute Gasteiger partial charge is 0.303 e. The summed E-state index contributed by atoms with van der Waals surface area (Å²) >= 11 is 0. The fourth-order valence-electron chi connectivity index (χ4n) is 3.90. The van der Waals surface area contributed by atoms with E-state index in [1.54, 1.807) is 19.5 Å². The zero-order chi connectivity index (χ0) is 25.0. The molecule has 0 aliphatic heterocycles. The summed E-state index contributed by atoms with van der Waals surface area (Å²) in [6.07, 6.45) is 5.26. The first-order valence-corrected chi connectivity index (χ1v) is 11.3. The van der Waals surface area contributed by atoms with Gasteiger partial charge in [-0.2, -0.15) is 4.98 Å². The molecule has 0 spiro atoms. The number of methoxy groups -OCH3 is 1. The molecule has 1 atom stereocenters. The number of carbonyl (C=O) groups excluding carboxylic acids is 1. The van der Waals surface area contributed by atoms with Gasteiger partial charge in [0.25, 0.3) is 5.89 Å². The highest BCUT2D eigenvalue weighted by atomic mass is 16.6. The normalized spacial score (nSPS) is 12.9. The summed E-state index contributed by atoms with van der Waals surface area (Å²) in [4.78, 5) is 24.3. The summed E-state index contributed by atoms with van der Waals surface area (Å²) in [6.45, 7) is 7.86. The zero-order valence-corrected chi connectivity index (χ0v) is 20.5. The second kappa shape index (κ2) is 10.0. The van der Waals surface area contributed by atoms with Crippen LogP contribution in [-0.2, 0) is 21.6 Å². The van der Waals surface area contributed by atoms with E-state index in [0.717, 1.165) is 33.7 Å². The first-order chi connectivity index (χ1) is 16.8. The SMILES string of the molecule is COc1cncc(-c2ccc(C(C)(c3ccc(-c4noc(COC(C)=O)n4)cn3)C(C)C)cc2)c1. The third-order valence-electron chi connectivity index (χ3n) is 6.34. The van der Waals surface area contributed by atoms with Crippen LogP contribution >= 0.6 is 0 Å². The van der Waals surface area contributed by atoms with Crippen LogP contribution in [0.15, 0.2) is 65.6 Å². The molecule has 0 saturated carbocycles. The van der Waals surface area contributed by atoms with Gasteiger partial charge in [0.1, 0.15) is 5.75 Å². The molecule has 0 N–H and O–H groups in total. The maximum Gasteiger partial charge on any atom is 0.303 e. The van der Waals surface area contributed by atoms with Crippen molar-refractivity contribution in [1.29, 1.82) is 0 Å². The lowest BCUT2D eigenvalue weighted by atomic mass is 9.70. The highest BCUT2D eigenvalue weighted by molar-refractivity contribution is 5.66. The largest absolute Gasteiger partial charge is 0.495 e. The van der Waals surface area contributed by atoms with Gasteiger partial charge in [-0.05, 0) is 42.2 Å². The molecule has 3 heterocycles. The quantitative estimate of drug-likeness (QED) is 0.322. The van der Waals surface area contributed by atoms with Crippen molar-refractivity contribution in [2.45, 2.75) is 39.7 Å². The van der Waals surface area contributed by atoms with Crippen molar-refractivity contribution in [1.82, 2.24) is 20.1 Å². The van der Waals surface area contributed by atoms with Crippen LogP contribution in [-0.4, -0.2) is 33.2 Å². The first-order valence-electron chi connectivity index (χ1n) is 11.3. The van der Waals surface area contributed by atoms with Crippen LogP contribution in [0.3, 0.4) is 0 Å². The molecule has 0 radical (unpaired) electrons. The molecular weight excluding hydrogens is 444 g/mol. The van der Waals surface area contributed by atoms with Crippen molar-refractivity contribution in [3.63, 3.8) is 0 Å². The molecule has 0 aliphatic rings. The van der Waals surface area contributed by atoms with Crippen LogP contribution in [0.25, 0.3) is 22.5 Å². The van der Waals surface area contributed by atoms with E-state index in [0.29, 0.717) is 5.82 Å². The molecule has 0 saturated heterocycles. The fraction of sp³-hybridized carbons (Fsp3) is 0.296. The second-order valence-electron chi connectivity index (χ2n) is 8.77. The first kappa shape index (κ1) is 24.1. The molecule has 3 aromatic heterocycles. The van der Waals surface area contributed by atoms with Crippen molar-refractivity contribution in [2.24, 2.45) is 5.92 Å². The van der Waals surface area contributed by atoms with Crippen LogP contribution < -0.4 is 4.74 Å². The highest BCUT2D eigenvalue weighted by Crippen LogP contribution is 2.39. The Kier molecular flexibility index (Phi) is 6.91. The molecule has 35 heavy (non-hydrogen) atoms. The average Bonchev–Trinajstić information content (AvgIpc) is 3.36. The van der Waals surface area contributed by atoms with E-state index in [4.69, 9.17) is 19.0 Å². The van der Waals surface area contributed by atoms with Gasteiger partial charge in [-0.15, -0.1) is 0 Å². The number of carbonyl (C=O) groups is 1. The van der Waals surface area contributed by atoms with Crippen LogP contribution in [0.2, 0.25) is 0 Å². The minimum atomic E-state index is -0.406. The van der Waals surface area contributed by atoms with Crippen molar-refractivity contribution < 1.29 is 18.8 Å². The average molecular weight is 473 g/mol. The molecule has 1 unspecified atom stereocenters. The van der Waals surface area contributed by atoms with E-state index in [9.17, 15) is 4.79 Å². The maximum absolute atomic E-state index is 11.0. The Balaban J connectivity index is 1.59. The third kappa shape index (κ3) is 5.06. The second-order valence-corrected chi connectivity index (χ2v) is 8.77. The Morgan fingerprint density at radius 3 is 2.40 bits per heavy atom. The monoisotopic (exact) mass is 472 g/mol. The van der Waals surface area contributed by atoms with Gasteiger partial charge in [-0.1, -0.05) is 43.3 Å². The van der Waals surface area contributed by atoms with Crippen LogP contribution in [0.4, 0.5) is 0 Å². The van der Waals surface area contributed by atoms with Gasteiger partial charge in [-0.25, -0.2) is 0 Å². The van der Waals surface area contributed by atoms with Gasteiger partial charge in [0.05, 0.1) is 19.0 Å². The number of ether oxygens (including phenoxy) is 2. The molecule has 8 nitrogen and oxygen atoms in total. The van der Waals surface area contributed by atoms with Gasteiger partial charge >= 0.3 is 5.97 Å². The topological polar surface area (TPSA) is 100 Å². The van der Waals surface area contributed by atoms with Crippen molar-refractivity contribution in [3.05, 3.63) is 78.2 Å². The van der Waals surface area contributed by atoms with E-state index in [-0.39, 0.29) is 23.8 Å². The van der Waals surface area contributed by atoms with Crippen molar-refractivity contribution >= 4 is 5.97 Å². The molecule has 4 rings (SSSR count). The summed E-state index contributed by atoms with van der Waals surface area (Å²) in [5.41, 5.74) is 4.57. The third-order valence-corrected chi connectivity index (χ3v) is 6.34. The molecule has 0 fully saturated rings. The predicted molar refractivity (Wildman–Crippen MR) is 131 cm³/mol. The number of pyridine rings is 2. The minimum Gasteiger partial charge on any atom is -0.495 e. The van der Waals surface area contributed by atoms with Gasteiger partial charge in [0, 0.05) is 35.9 Å². The Bertz CT molecular complexity index is 1300. The van der Waals surface area contributed by atoms with Gasteiger partial charge < -0.3 is 14.0 Å². The predicted octanol–water partition coefficient (Wildman–Crippen LogP) is 5.23. The van der Waals surface area contributed by atoms with E-state index in [2.05, 4.69) is 60.2 Å². The number of esters is 1. The Morgan fingerprint density at radius 2 is 1.77 bits per heavy atom. The highest BCUT2D eigenvalue weighted by Gasteiger charge is 2.34. The van der Waals surface area contributed by atoms with E-state index in [1.807, 2.05) is 24.4 Å². The number of nitrogens with zero attached hydrogens (tertiary/aromatic N) is 4. The molecular formula is C27H28N4O4. The van der Waals surface area contributed by atoms with Gasteiger partial charge in [0.2, 0.25) is 5.82 Å². The molecule has 8 heteroatoms. The lowest BCUT2D eigenvalue weighted by Crippen LogP contribution is -2.31. The lowest BCUT2D eigenvalue weighted by Gasteiger charge is -2.34. The summed E-state index contributed by atoms with van der Waals surface area (Å²) in [6, 6.07) is 14.4. The van der Waals surface area contributed by atoms with Crippen LogP contribution in [0.1, 0.15) is 44.8 Å². The van der Waals surface area contributed by atoms with E-state index < -0.39 is 5.97 Å². The lowest BCUT2D eigenvalue weighted by molar-refractivity contribution is -0.143. The number of aromatic nitrogens is 4. The summed E-state index contributed by atoms with van der Waals surface area (Å²) < 4.78 is 15.4.